The smallest absolute Gasteiger partial charge is 0.143 e. The molecular formula is C13H17N5. The lowest BCUT2D eigenvalue weighted by Gasteiger charge is -2.23. The van der Waals surface area contributed by atoms with Gasteiger partial charge in [0.15, 0.2) is 0 Å². The summed E-state index contributed by atoms with van der Waals surface area (Å²) in [5.74, 6) is 1.75. The van der Waals surface area contributed by atoms with Crippen molar-refractivity contribution in [1.29, 1.82) is 0 Å². The normalized spacial score (nSPS) is 16.7. The molecule has 5 heteroatoms. The summed E-state index contributed by atoms with van der Waals surface area (Å²) in [5, 5.41) is 3.50. The first-order valence-corrected chi connectivity index (χ1v) is 6.49. The van der Waals surface area contributed by atoms with Crippen molar-refractivity contribution < 1.29 is 0 Å². The van der Waals surface area contributed by atoms with Crippen molar-refractivity contribution in [2.75, 3.05) is 5.32 Å². The van der Waals surface area contributed by atoms with E-state index < -0.39 is 0 Å². The van der Waals surface area contributed by atoms with Gasteiger partial charge in [0.1, 0.15) is 24.3 Å². The van der Waals surface area contributed by atoms with Crippen molar-refractivity contribution in [1.82, 2.24) is 19.5 Å². The lowest BCUT2D eigenvalue weighted by Crippen LogP contribution is -2.22. The zero-order chi connectivity index (χ0) is 12.2. The molecule has 0 saturated heterocycles. The minimum Gasteiger partial charge on any atom is -0.367 e. The predicted molar refractivity (Wildman–Crippen MR) is 69.6 cm³/mol. The van der Waals surface area contributed by atoms with Crippen LogP contribution in [0.15, 0.2) is 31.1 Å². The highest BCUT2D eigenvalue weighted by Gasteiger charge is 2.13. The number of hydrogen-bond donors (Lipinski definition) is 1. The van der Waals surface area contributed by atoms with E-state index in [1.807, 2.05) is 16.8 Å². The van der Waals surface area contributed by atoms with Gasteiger partial charge < -0.3 is 5.32 Å². The number of hydrogen-bond acceptors (Lipinski definition) is 4. The summed E-state index contributed by atoms with van der Waals surface area (Å²) in [6.45, 7) is 0. The van der Waals surface area contributed by atoms with Crippen LogP contribution < -0.4 is 5.32 Å². The van der Waals surface area contributed by atoms with E-state index in [2.05, 4.69) is 20.3 Å². The summed E-state index contributed by atoms with van der Waals surface area (Å²) in [6.07, 6.45) is 13.4. The van der Waals surface area contributed by atoms with E-state index >= 15 is 0 Å². The summed E-state index contributed by atoms with van der Waals surface area (Å²) < 4.78 is 1.88. The largest absolute Gasteiger partial charge is 0.367 e. The summed E-state index contributed by atoms with van der Waals surface area (Å²) in [7, 11) is 0. The zero-order valence-electron chi connectivity index (χ0n) is 10.3. The molecule has 0 bridgehead atoms. The van der Waals surface area contributed by atoms with Gasteiger partial charge in [0, 0.05) is 24.5 Å². The first-order chi connectivity index (χ1) is 8.92. The highest BCUT2D eigenvalue weighted by Crippen LogP contribution is 2.21. The number of imidazole rings is 1. The van der Waals surface area contributed by atoms with E-state index in [1.54, 1.807) is 18.9 Å². The van der Waals surface area contributed by atoms with Gasteiger partial charge in [-0.3, -0.25) is 4.57 Å². The summed E-state index contributed by atoms with van der Waals surface area (Å²) >= 11 is 0. The molecule has 2 aromatic heterocycles. The van der Waals surface area contributed by atoms with Crippen molar-refractivity contribution in [3.8, 4) is 5.82 Å². The van der Waals surface area contributed by atoms with Crippen molar-refractivity contribution >= 4 is 5.82 Å². The molecule has 0 aromatic carbocycles. The SMILES string of the molecule is c1cn(-c2cc(NC3CCCCC3)ncn2)cn1. The number of rotatable bonds is 3. The van der Waals surface area contributed by atoms with Gasteiger partial charge in [-0.1, -0.05) is 19.3 Å². The number of nitrogens with one attached hydrogen (secondary N) is 1. The molecule has 2 aromatic rings. The van der Waals surface area contributed by atoms with Crippen LogP contribution in [0.4, 0.5) is 5.82 Å². The average molecular weight is 243 g/mol. The Balaban J connectivity index is 1.74. The van der Waals surface area contributed by atoms with Gasteiger partial charge >= 0.3 is 0 Å². The number of aromatic nitrogens is 4. The van der Waals surface area contributed by atoms with Crippen LogP contribution in [-0.2, 0) is 0 Å². The van der Waals surface area contributed by atoms with Gasteiger partial charge in [-0.2, -0.15) is 0 Å². The topological polar surface area (TPSA) is 55.6 Å². The molecule has 0 amide bonds. The van der Waals surface area contributed by atoms with Crippen molar-refractivity contribution in [2.24, 2.45) is 0 Å². The fourth-order valence-electron chi connectivity index (χ4n) is 2.42. The minimum atomic E-state index is 0.560. The molecular weight excluding hydrogens is 226 g/mol. The van der Waals surface area contributed by atoms with Gasteiger partial charge in [-0.05, 0) is 12.8 Å². The molecule has 0 atom stereocenters. The second-order valence-electron chi connectivity index (χ2n) is 4.71. The van der Waals surface area contributed by atoms with Gasteiger partial charge in [-0.25, -0.2) is 15.0 Å². The summed E-state index contributed by atoms with van der Waals surface area (Å²) in [6, 6.07) is 2.53. The van der Waals surface area contributed by atoms with E-state index in [0.717, 1.165) is 11.6 Å². The van der Waals surface area contributed by atoms with Crippen LogP contribution in [0.1, 0.15) is 32.1 Å². The van der Waals surface area contributed by atoms with E-state index in [1.165, 1.54) is 32.1 Å². The van der Waals surface area contributed by atoms with Gasteiger partial charge in [-0.15, -0.1) is 0 Å². The molecule has 0 aliphatic heterocycles. The Morgan fingerprint density at radius 2 is 2.06 bits per heavy atom. The Hall–Kier alpha value is -1.91. The van der Waals surface area contributed by atoms with Crippen LogP contribution in [0.25, 0.3) is 5.82 Å². The maximum Gasteiger partial charge on any atom is 0.143 e. The first-order valence-electron chi connectivity index (χ1n) is 6.49. The molecule has 1 saturated carbocycles. The van der Waals surface area contributed by atoms with Crippen LogP contribution >= 0.6 is 0 Å². The maximum atomic E-state index is 4.29. The molecule has 1 N–H and O–H groups in total. The maximum absolute atomic E-state index is 4.29. The quantitative estimate of drug-likeness (QED) is 0.899. The standard InChI is InChI=1S/C13H17N5/c1-2-4-11(5-3-1)17-12-8-13(16-9-15-12)18-7-6-14-10-18/h6-11H,1-5H2,(H,15,16,17). The fraction of sp³-hybridized carbons (Fsp3) is 0.462. The Bertz CT molecular complexity index is 488. The number of nitrogens with zero attached hydrogens (tertiary/aromatic N) is 4. The Labute approximate surface area is 106 Å². The van der Waals surface area contributed by atoms with E-state index in [4.69, 9.17) is 0 Å². The molecule has 1 fully saturated rings. The van der Waals surface area contributed by atoms with Crippen molar-refractivity contribution in [2.45, 2.75) is 38.1 Å². The molecule has 18 heavy (non-hydrogen) atoms. The molecule has 1 aliphatic rings. The molecule has 2 heterocycles. The summed E-state index contributed by atoms with van der Waals surface area (Å²) in [4.78, 5) is 12.6. The third-order valence-corrected chi connectivity index (χ3v) is 3.38. The monoisotopic (exact) mass is 243 g/mol. The molecule has 0 spiro atoms. The van der Waals surface area contributed by atoms with Gasteiger partial charge in [0.05, 0.1) is 0 Å². The molecule has 0 unspecified atom stereocenters. The van der Waals surface area contributed by atoms with E-state index in [9.17, 15) is 0 Å². The van der Waals surface area contributed by atoms with Crippen molar-refractivity contribution in [3.63, 3.8) is 0 Å². The van der Waals surface area contributed by atoms with Crippen LogP contribution in [0.3, 0.4) is 0 Å². The zero-order valence-corrected chi connectivity index (χ0v) is 10.3. The average Bonchev–Trinajstić information content (AvgIpc) is 2.94. The third-order valence-electron chi connectivity index (χ3n) is 3.38. The first kappa shape index (κ1) is 11.2. The van der Waals surface area contributed by atoms with Crippen LogP contribution in [-0.4, -0.2) is 25.6 Å². The highest BCUT2D eigenvalue weighted by molar-refractivity contribution is 5.41. The third kappa shape index (κ3) is 2.50. The number of anilines is 1. The van der Waals surface area contributed by atoms with Crippen LogP contribution in [0.5, 0.6) is 0 Å². The van der Waals surface area contributed by atoms with Crippen LogP contribution in [0, 0.1) is 0 Å². The van der Waals surface area contributed by atoms with Gasteiger partial charge in [0.25, 0.3) is 0 Å². The Morgan fingerprint density at radius 3 is 2.83 bits per heavy atom. The lowest BCUT2D eigenvalue weighted by molar-refractivity contribution is 0.462. The molecule has 5 nitrogen and oxygen atoms in total. The van der Waals surface area contributed by atoms with Gasteiger partial charge in [0.2, 0.25) is 0 Å². The molecule has 3 rings (SSSR count). The predicted octanol–water partition coefficient (Wildman–Crippen LogP) is 2.41. The Morgan fingerprint density at radius 1 is 1.17 bits per heavy atom. The highest BCUT2D eigenvalue weighted by atomic mass is 15.1. The van der Waals surface area contributed by atoms with E-state index in [0.29, 0.717) is 6.04 Å². The molecule has 0 radical (unpaired) electrons. The summed E-state index contributed by atoms with van der Waals surface area (Å²) in [5.41, 5.74) is 0. The second kappa shape index (κ2) is 5.16. The lowest BCUT2D eigenvalue weighted by atomic mass is 9.95. The molecule has 1 aliphatic carbocycles. The molecule has 94 valence electrons. The van der Waals surface area contributed by atoms with Crippen LogP contribution in [0.2, 0.25) is 0 Å². The van der Waals surface area contributed by atoms with Crippen molar-refractivity contribution in [3.05, 3.63) is 31.1 Å². The van der Waals surface area contributed by atoms with E-state index in [-0.39, 0.29) is 0 Å². The Kier molecular flexibility index (Phi) is 3.21. The minimum absolute atomic E-state index is 0.560. The fourth-order valence-corrected chi connectivity index (χ4v) is 2.42. The second-order valence-corrected chi connectivity index (χ2v) is 4.71.